The van der Waals surface area contributed by atoms with E-state index >= 15 is 0 Å². The molecular weight excluding hydrogens is 261 g/mol. The first-order chi connectivity index (χ1) is 10.3. The minimum atomic E-state index is -0.164. The van der Waals surface area contributed by atoms with E-state index in [-0.39, 0.29) is 5.82 Å². The van der Waals surface area contributed by atoms with Gasteiger partial charge in [-0.2, -0.15) is 0 Å². The summed E-state index contributed by atoms with van der Waals surface area (Å²) in [6, 6.07) is 18.2. The van der Waals surface area contributed by atoms with E-state index in [9.17, 15) is 4.39 Å². The molecule has 1 saturated carbocycles. The minimum Gasteiger partial charge on any atom is -0.303 e. The maximum absolute atomic E-state index is 13.1. The van der Waals surface area contributed by atoms with Crippen molar-refractivity contribution in [2.75, 3.05) is 0 Å². The molecule has 2 heteroatoms. The van der Waals surface area contributed by atoms with Gasteiger partial charge >= 0.3 is 0 Å². The Kier molecular flexibility index (Phi) is 4.35. The van der Waals surface area contributed by atoms with Crippen LogP contribution in [-0.4, -0.2) is 0 Å². The molecule has 2 unspecified atom stereocenters. The van der Waals surface area contributed by atoms with Crippen LogP contribution in [0.2, 0.25) is 0 Å². The highest BCUT2D eigenvalue weighted by Crippen LogP contribution is 2.42. The van der Waals surface area contributed by atoms with Crippen LogP contribution in [0.5, 0.6) is 0 Å². The molecule has 1 nitrogen and oxygen atoms in total. The second-order valence-corrected chi connectivity index (χ2v) is 5.90. The maximum atomic E-state index is 13.1. The summed E-state index contributed by atoms with van der Waals surface area (Å²) in [5, 5.41) is 3.80. The van der Waals surface area contributed by atoms with Gasteiger partial charge in [0.1, 0.15) is 5.82 Å². The molecule has 1 N–H and O–H groups in total. The highest BCUT2D eigenvalue weighted by atomic mass is 19.1. The lowest BCUT2D eigenvalue weighted by molar-refractivity contribution is 0.401. The molecular formula is C19H22FN. The van der Waals surface area contributed by atoms with Gasteiger partial charge in [0.2, 0.25) is 0 Å². The second kappa shape index (κ2) is 6.40. The van der Waals surface area contributed by atoms with Crippen LogP contribution in [0.3, 0.4) is 0 Å². The van der Waals surface area contributed by atoms with Gasteiger partial charge in [0.25, 0.3) is 0 Å². The van der Waals surface area contributed by atoms with Gasteiger partial charge in [-0.15, -0.1) is 0 Å². The molecule has 0 heterocycles. The molecule has 0 saturated heterocycles. The van der Waals surface area contributed by atoms with E-state index in [1.807, 2.05) is 12.1 Å². The van der Waals surface area contributed by atoms with Gasteiger partial charge in [-0.1, -0.05) is 49.4 Å². The average Bonchev–Trinajstić information content (AvgIpc) is 3.35. The molecule has 0 spiro atoms. The number of halogens is 1. The molecule has 2 aromatic rings. The van der Waals surface area contributed by atoms with Crippen LogP contribution >= 0.6 is 0 Å². The Bertz CT molecular complexity index is 560. The van der Waals surface area contributed by atoms with Gasteiger partial charge in [0.15, 0.2) is 0 Å². The first-order valence-corrected chi connectivity index (χ1v) is 7.84. The monoisotopic (exact) mass is 283 g/mol. The van der Waals surface area contributed by atoms with Crippen LogP contribution in [0.1, 0.15) is 49.4 Å². The summed E-state index contributed by atoms with van der Waals surface area (Å²) in [7, 11) is 0. The average molecular weight is 283 g/mol. The van der Waals surface area contributed by atoms with Crippen molar-refractivity contribution in [1.82, 2.24) is 5.32 Å². The summed E-state index contributed by atoms with van der Waals surface area (Å²) >= 11 is 0. The number of rotatable bonds is 6. The molecule has 21 heavy (non-hydrogen) atoms. The minimum absolute atomic E-state index is 0.164. The Balaban J connectivity index is 1.80. The van der Waals surface area contributed by atoms with Crippen LogP contribution in [0.4, 0.5) is 4.39 Å². The Hall–Kier alpha value is -1.67. The van der Waals surface area contributed by atoms with Gasteiger partial charge in [-0.3, -0.25) is 0 Å². The standard InChI is InChI=1S/C19H22FN/c1-2-18(14-6-4-3-5-7-14)21-19(15-8-9-15)16-10-12-17(20)13-11-16/h3-7,10-13,15,18-19,21H,2,8-9H2,1H3. The van der Waals surface area contributed by atoms with Crippen LogP contribution in [-0.2, 0) is 0 Å². The lowest BCUT2D eigenvalue weighted by Gasteiger charge is -2.26. The molecule has 0 aromatic heterocycles. The zero-order chi connectivity index (χ0) is 14.7. The molecule has 1 aliphatic rings. The molecule has 0 amide bonds. The highest BCUT2D eigenvalue weighted by Gasteiger charge is 2.33. The van der Waals surface area contributed by atoms with Gasteiger partial charge in [-0.05, 0) is 48.4 Å². The van der Waals surface area contributed by atoms with Crippen molar-refractivity contribution in [3.8, 4) is 0 Å². The Morgan fingerprint density at radius 3 is 2.24 bits per heavy atom. The fourth-order valence-corrected chi connectivity index (χ4v) is 2.96. The van der Waals surface area contributed by atoms with Crippen molar-refractivity contribution < 1.29 is 4.39 Å². The smallest absolute Gasteiger partial charge is 0.123 e. The summed E-state index contributed by atoms with van der Waals surface area (Å²) in [4.78, 5) is 0. The van der Waals surface area contributed by atoms with Crippen LogP contribution in [0.25, 0.3) is 0 Å². The molecule has 0 radical (unpaired) electrons. The summed E-state index contributed by atoms with van der Waals surface area (Å²) in [6.07, 6.45) is 3.58. The summed E-state index contributed by atoms with van der Waals surface area (Å²) in [5.74, 6) is 0.525. The molecule has 0 bridgehead atoms. The Morgan fingerprint density at radius 1 is 1.00 bits per heavy atom. The quantitative estimate of drug-likeness (QED) is 0.785. The van der Waals surface area contributed by atoms with Gasteiger partial charge < -0.3 is 5.32 Å². The maximum Gasteiger partial charge on any atom is 0.123 e. The number of benzene rings is 2. The first kappa shape index (κ1) is 14.3. The van der Waals surface area contributed by atoms with Crippen LogP contribution in [0, 0.1) is 11.7 Å². The normalized spacial score (nSPS) is 17.4. The van der Waals surface area contributed by atoms with Crippen molar-refractivity contribution in [2.24, 2.45) is 5.92 Å². The first-order valence-electron chi connectivity index (χ1n) is 7.84. The van der Waals surface area contributed by atoms with Crippen molar-refractivity contribution in [2.45, 2.75) is 38.3 Å². The van der Waals surface area contributed by atoms with Crippen molar-refractivity contribution >= 4 is 0 Å². The van der Waals surface area contributed by atoms with E-state index in [1.54, 1.807) is 12.1 Å². The SMILES string of the molecule is CCC(NC(c1ccc(F)cc1)C1CC1)c1ccccc1. The van der Waals surface area contributed by atoms with Crippen molar-refractivity contribution in [1.29, 1.82) is 0 Å². The largest absolute Gasteiger partial charge is 0.303 e. The highest BCUT2D eigenvalue weighted by molar-refractivity contribution is 5.24. The number of nitrogens with one attached hydrogen (secondary N) is 1. The van der Waals surface area contributed by atoms with E-state index in [1.165, 1.54) is 24.0 Å². The number of hydrogen-bond donors (Lipinski definition) is 1. The lowest BCUT2D eigenvalue weighted by atomic mass is 9.98. The lowest BCUT2D eigenvalue weighted by Crippen LogP contribution is -2.27. The van der Waals surface area contributed by atoms with Gasteiger partial charge in [0.05, 0.1) is 0 Å². The van der Waals surface area contributed by atoms with Crippen molar-refractivity contribution in [3.05, 3.63) is 71.5 Å². The molecule has 1 fully saturated rings. The molecule has 0 aliphatic heterocycles. The van der Waals surface area contributed by atoms with Crippen molar-refractivity contribution in [3.63, 3.8) is 0 Å². The summed E-state index contributed by atoms with van der Waals surface area (Å²) in [5.41, 5.74) is 2.53. The molecule has 110 valence electrons. The third-order valence-electron chi connectivity index (χ3n) is 4.31. The fraction of sp³-hybridized carbons (Fsp3) is 0.368. The van der Waals surface area contributed by atoms with Crippen LogP contribution in [0.15, 0.2) is 54.6 Å². The molecule has 3 rings (SSSR count). The Labute approximate surface area is 126 Å². The van der Waals surface area contributed by atoms with E-state index in [4.69, 9.17) is 0 Å². The fourth-order valence-electron chi connectivity index (χ4n) is 2.96. The molecule has 2 aromatic carbocycles. The number of hydrogen-bond acceptors (Lipinski definition) is 1. The van der Waals surface area contributed by atoms with Gasteiger partial charge in [0, 0.05) is 12.1 Å². The Morgan fingerprint density at radius 2 is 1.67 bits per heavy atom. The van der Waals surface area contributed by atoms with Gasteiger partial charge in [-0.25, -0.2) is 4.39 Å². The van der Waals surface area contributed by atoms with Crippen LogP contribution < -0.4 is 5.32 Å². The predicted octanol–water partition coefficient (Wildman–Crippen LogP) is 5.02. The molecule has 1 aliphatic carbocycles. The summed E-state index contributed by atoms with van der Waals surface area (Å²) < 4.78 is 13.1. The topological polar surface area (TPSA) is 12.0 Å². The second-order valence-electron chi connectivity index (χ2n) is 5.90. The van der Waals surface area contributed by atoms with E-state index in [0.29, 0.717) is 18.0 Å². The van der Waals surface area contributed by atoms with E-state index in [0.717, 1.165) is 6.42 Å². The predicted molar refractivity (Wildman–Crippen MR) is 84.5 cm³/mol. The zero-order valence-electron chi connectivity index (χ0n) is 12.4. The van der Waals surface area contributed by atoms with E-state index in [2.05, 4.69) is 42.6 Å². The third kappa shape index (κ3) is 3.51. The van der Waals surface area contributed by atoms with E-state index < -0.39 is 0 Å². The summed E-state index contributed by atoms with van der Waals surface area (Å²) in [6.45, 7) is 2.21. The third-order valence-corrected chi connectivity index (χ3v) is 4.31. The molecule has 2 atom stereocenters. The zero-order valence-corrected chi connectivity index (χ0v) is 12.4.